The van der Waals surface area contributed by atoms with Gasteiger partial charge >= 0.3 is 0 Å². The van der Waals surface area contributed by atoms with E-state index < -0.39 is 5.82 Å². The van der Waals surface area contributed by atoms with E-state index in [9.17, 15) is 9.18 Å². The molecule has 2 nitrogen and oxygen atoms in total. The maximum atomic E-state index is 13.4. The summed E-state index contributed by atoms with van der Waals surface area (Å²) in [5, 5.41) is 0.412. The second-order valence-electron chi connectivity index (χ2n) is 2.94. The number of hydrogen-bond acceptors (Lipinski definition) is 2. The number of rotatable bonds is 2. The molecule has 0 atom stereocenters. The maximum absolute atomic E-state index is 13.4. The SMILES string of the molecule is O=Cc1ccc(-c2cc(Cl)ccc2F)o1. The van der Waals surface area contributed by atoms with Crippen LogP contribution < -0.4 is 0 Å². The van der Waals surface area contributed by atoms with Gasteiger partial charge < -0.3 is 4.42 Å². The first-order chi connectivity index (χ1) is 7.20. The van der Waals surface area contributed by atoms with Crippen molar-refractivity contribution in [3.8, 4) is 11.3 Å². The zero-order valence-corrected chi connectivity index (χ0v) is 8.29. The maximum Gasteiger partial charge on any atom is 0.185 e. The van der Waals surface area contributed by atoms with Crippen LogP contribution in [0, 0.1) is 5.82 Å². The molecule has 1 heterocycles. The third kappa shape index (κ3) is 1.92. The molecule has 0 aliphatic heterocycles. The summed E-state index contributed by atoms with van der Waals surface area (Å²) in [6, 6.07) is 7.15. The van der Waals surface area contributed by atoms with E-state index in [1.165, 1.54) is 30.3 Å². The van der Waals surface area contributed by atoms with Crippen LogP contribution in [0.4, 0.5) is 4.39 Å². The normalized spacial score (nSPS) is 10.3. The molecule has 15 heavy (non-hydrogen) atoms. The Kier molecular flexibility index (Phi) is 2.56. The van der Waals surface area contributed by atoms with Gasteiger partial charge in [0.25, 0.3) is 0 Å². The van der Waals surface area contributed by atoms with Crippen molar-refractivity contribution in [2.24, 2.45) is 0 Å². The minimum atomic E-state index is -0.439. The Labute approximate surface area is 90.3 Å². The summed E-state index contributed by atoms with van der Waals surface area (Å²) in [4.78, 5) is 10.4. The quantitative estimate of drug-likeness (QED) is 0.731. The van der Waals surface area contributed by atoms with Crippen LogP contribution >= 0.6 is 11.6 Å². The molecule has 0 radical (unpaired) electrons. The summed E-state index contributed by atoms with van der Waals surface area (Å²) in [6.07, 6.45) is 0.561. The molecule has 0 saturated heterocycles. The van der Waals surface area contributed by atoms with Gasteiger partial charge in [0.05, 0.1) is 5.56 Å². The average Bonchev–Trinajstić information content (AvgIpc) is 2.70. The van der Waals surface area contributed by atoms with Crippen molar-refractivity contribution in [3.05, 3.63) is 46.9 Å². The number of hydrogen-bond donors (Lipinski definition) is 0. The molecule has 76 valence electrons. The van der Waals surface area contributed by atoms with Crippen LogP contribution in [0.5, 0.6) is 0 Å². The van der Waals surface area contributed by atoms with Crippen molar-refractivity contribution in [2.45, 2.75) is 0 Å². The van der Waals surface area contributed by atoms with Crippen molar-refractivity contribution in [1.29, 1.82) is 0 Å². The highest BCUT2D eigenvalue weighted by molar-refractivity contribution is 6.30. The van der Waals surface area contributed by atoms with E-state index in [1.807, 2.05) is 0 Å². The van der Waals surface area contributed by atoms with E-state index >= 15 is 0 Å². The lowest BCUT2D eigenvalue weighted by Crippen LogP contribution is -1.81. The van der Waals surface area contributed by atoms with Gasteiger partial charge in [-0.2, -0.15) is 0 Å². The molecule has 0 fully saturated rings. The fourth-order valence-corrected chi connectivity index (χ4v) is 1.42. The molecule has 0 aliphatic rings. The topological polar surface area (TPSA) is 30.2 Å². The molecule has 0 spiro atoms. The van der Waals surface area contributed by atoms with Gasteiger partial charge in [-0.3, -0.25) is 4.79 Å². The van der Waals surface area contributed by atoms with E-state index in [1.54, 1.807) is 0 Å². The van der Waals surface area contributed by atoms with Gasteiger partial charge in [0.2, 0.25) is 0 Å². The van der Waals surface area contributed by atoms with Crippen LogP contribution in [0.25, 0.3) is 11.3 Å². The Morgan fingerprint density at radius 1 is 1.27 bits per heavy atom. The van der Waals surface area contributed by atoms with E-state index in [0.717, 1.165) is 0 Å². The number of carbonyl (C=O) groups excluding carboxylic acids is 1. The molecular weight excluding hydrogens is 219 g/mol. The van der Waals surface area contributed by atoms with E-state index in [-0.39, 0.29) is 17.1 Å². The molecule has 1 aromatic heterocycles. The highest BCUT2D eigenvalue weighted by Crippen LogP contribution is 2.27. The van der Waals surface area contributed by atoms with E-state index in [4.69, 9.17) is 16.0 Å². The van der Waals surface area contributed by atoms with Crippen LogP contribution in [-0.4, -0.2) is 6.29 Å². The lowest BCUT2D eigenvalue weighted by atomic mass is 10.1. The molecule has 1 aromatic carbocycles. The zero-order valence-electron chi connectivity index (χ0n) is 7.54. The molecule has 0 amide bonds. The van der Waals surface area contributed by atoms with Crippen LogP contribution in [0.15, 0.2) is 34.7 Å². The van der Waals surface area contributed by atoms with Crippen molar-refractivity contribution in [2.75, 3.05) is 0 Å². The molecule has 0 unspecified atom stereocenters. The van der Waals surface area contributed by atoms with Gasteiger partial charge in [-0.1, -0.05) is 11.6 Å². The predicted octanol–water partition coefficient (Wildman–Crippen LogP) is 3.55. The van der Waals surface area contributed by atoms with Gasteiger partial charge in [0.1, 0.15) is 11.6 Å². The molecule has 4 heteroatoms. The summed E-state index contributed by atoms with van der Waals surface area (Å²) < 4.78 is 18.4. The Morgan fingerprint density at radius 3 is 2.73 bits per heavy atom. The first-order valence-corrected chi connectivity index (χ1v) is 4.59. The number of halogens is 2. The molecule has 2 aromatic rings. The minimum absolute atomic E-state index is 0.157. The minimum Gasteiger partial charge on any atom is -0.453 e. The van der Waals surface area contributed by atoms with E-state index in [0.29, 0.717) is 11.3 Å². The van der Waals surface area contributed by atoms with Gasteiger partial charge in [-0.15, -0.1) is 0 Å². The second kappa shape index (κ2) is 3.87. The molecule has 0 bridgehead atoms. The zero-order chi connectivity index (χ0) is 10.8. The van der Waals surface area contributed by atoms with Gasteiger partial charge in [-0.25, -0.2) is 4.39 Å². The van der Waals surface area contributed by atoms with Crippen LogP contribution in [0.2, 0.25) is 5.02 Å². The largest absolute Gasteiger partial charge is 0.453 e. The smallest absolute Gasteiger partial charge is 0.185 e. The summed E-state index contributed by atoms with van der Waals surface area (Å²) in [7, 11) is 0. The Morgan fingerprint density at radius 2 is 2.07 bits per heavy atom. The first-order valence-electron chi connectivity index (χ1n) is 4.21. The number of aldehydes is 1. The van der Waals surface area contributed by atoms with Crippen LogP contribution in [0.3, 0.4) is 0 Å². The van der Waals surface area contributed by atoms with Crippen LogP contribution in [0.1, 0.15) is 10.6 Å². The van der Waals surface area contributed by atoms with Crippen molar-refractivity contribution >= 4 is 17.9 Å². The lowest BCUT2D eigenvalue weighted by molar-refractivity contribution is 0.110. The second-order valence-corrected chi connectivity index (χ2v) is 3.38. The Hall–Kier alpha value is -1.61. The summed E-state index contributed by atoms with van der Waals surface area (Å²) >= 11 is 5.73. The third-order valence-electron chi connectivity index (χ3n) is 1.94. The third-order valence-corrected chi connectivity index (χ3v) is 2.17. The average molecular weight is 225 g/mol. The molecule has 0 aliphatic carbocycles. The lowest BCUT2D eigenvalue weighted by Gasteiger charge is -1.99. The molecule has 0 saturated carbocycles. The van der Waals surface area contributed by atoms with Gasteiger partial charge in [0.15, 0.2) is 12.0 Å². The van der Waals surface area contributed by atoms with Crippen molar-refractivity contribution in [3.63, 3.8) is 0 Å². The van der Waals surface area contributed by atoms with Crippen molar-refractivity contribution in [1.82, 2.24) is 0 Å². The number of carbonyl (C=O) groups is 1. The monoisotopic (exact) mass is 224 g/mol. The molecular formula is C11H6ClFO2. The highest BCUT2D eigenvalue weighted by atomic mass is 35.5. The first kappa shape index (κ1) is 9.93. The fraction of sp³-hybridized carbons (Fsp3) is 0. The van der Waals surface area contributed by atoms with Crippen molar-refractivity contribution < 1.29 is 13.6 Å². The highest BCUT2D eigenvalue weighted by Gasteiger charge is 2.09. The summed E-state index contributed by atoms with van der Waals surface area (Å²) in [6.45, 7) is 0. The van der Waals surface area contributed by atoms with Crippen LogP contribution in [-0.2, 0) is 0 Å². The molecule has 0 N–H and O–H groups in total. The summed E-state index contributed by atoms with van der Waals surface area (Å²) in [5.74, 6) is 0.00711. The van der Waals surface area contributed by atoms with Gasteiger partial charge in [0, 0.05) is 5.02 Å². The predicted molar refractivity (Wildman–Crippen MR) is 54.5 cm³/mol. The molecule has 2 rings (SSSR count). The number of furan rings is 1. The Bertz CT molecular complexity index is 505. The van der Waals surface area contributed by atoms with E-state index in [2.05, 4.69) is 0 Å². The number of benzene rings is 1. The summed E-state index contributed by atoms with van der Waals surface area (Å²) in [5.41, 5.74) is 0.246. The fourth-order valence-electron chi connectivity index (χ4n) is 1.25. The standard InChI is InChI=1S/C11H6ClFO2/c12-7-1-3-10(13)9(5-7)11-4-2-8(6-14)15-11/h1-6H. The Balaban J connectivity index is 2.52. The van der Waals surface area contributed by atoms with Gasteiger partial charge in [-0.05, 0) is 30.3 Å².